The Morgan fingerprint density at radius 2 is 2.19 bits per heavy atom. The zero-order chi connectivity index (χ0) is 18.1. The second-order valence-corrected chi connectivity index (χ2v) is 7.15. The Morgan fingerprint density at radius 1 is 1.35 bits per heavy atom. The van der Waals surface area contributed by atoms with E-state index in [0.717, 1.165) is 5.56 Å². The van der Waals surface area contributed by atoms with Crippen molar-refractivity contribution >= 4 is 46.0 Å². The molecule has 8 heteroatoms. The molecule has 0 N–H and O–H groups in total. The van der Waals surface area contributed by atoms with Gasteiger partial charge in [-0.15, -0.1) is 0 Å². The maximum absolute atomic E-state index is 12.8. The number of thiocarbonyl (C=S) groups is 1. The molecule has 2 aliphatic rings. The van der Waals surface area contributed by atoms with Crippen LogP contribution in [0.3, 0.4) is 0 Å². The molecular weight excluding hydrogens is 372 g/mol. The molecule has 0 radical (unpaired) electrons. The Labute approximate surface area is 159 Å². The first-order valence-corrected chi connectivity index (χ1v) is 9.05. The summed E-state index contributed by atoms with van der Waals surface area (Å²) in [6, 6.07) is 7.20. The number of hydrogen-bond donors (Lipinski definition) is 0. The van der Waals surface area contributed by atoms with Crippen molar-refractivity contribution in [2.75, 3.05) is 25.2 Å². The molecule has 1 saturated heterocycles. The number of amides is 1. The van der Waals surface area contributed by atoms with Gasteiger partial charge < -0.3 is 14.2 Å². The molecule has 26 heavy (non-hydrogen) atoms. The molecule has 0 unspecified atom stereocenters. The summed E-state index contributed by atoms with van der Waals surface area (Å²) in [4.78, 5) is 18.9. The lowest BCUT2D eigenvalue weighted by atomic mass is 10.1. The SMILES string of the molecule is COc1cc(/C=C2\SC(=S)N(c3cccnc3)C2=O)cc2c1OCCO2. The average molecular weight is 386 g/mol. The summed E-state index contributed by atoms with van der Waals surface area (Å²) in [6.07, 6.45) is 5.04. The summed E-state index contributed by atoms with van der Waals surface area (Å²) in [5, 5.41) is 0. The highest BCUT2D eigenvalue weighted by molar-refractivity contribution is 8.27. The summed E-state index contributed by atoms with van der Waals surface area (Å²) in [5.41, 5.74) is 1.43. The highest BCUT2D eigenvalue weighted by Crippen LogP contribution is 2.42. The second kappa shape index (κ2) is 6.97. The first kappa shape index (κ1) is 16.9. The summed E-state index contributed by atoms with van der Waals surface area (Å²) in [7, 11) is 1.57. The Balaban J connectivity index is 1.69. The van der Waals surface area contributed by atoms with Gasteiger partial charge in [0.2, 0.25) is 5.75 Å². The largest absolute Gasteiger partial charge is 0.493 e. The number of methoxy groups -OCH3 is 1. The first-order chi connectivity index (χ1) is 12.7. The summed E-state index contributed by atoms with van der Waals surface area (Å²) in [5.74, 6) is 1.57. The smallest absolute Gasteiger partial charge is 0.270 e. The molecule has 3 heterocycles. The van der Waals surface area contributed by atoms with Crippen molar-refractivity contribution < 1.29 is 19.0 Å². The molecule has 1 aromatic carbocycles. The van der Waals surface area contributed by atoms with Gasteiger partial charge in [0.1, 0.15) is 13.2 Å². The third-order valence-electron chi connectivity index (χ3n) is 3.85. The van der Waals surface area contributed by atoms with E-state index in [1.54, 1.807) is 37.7 Å². The van der Waals surface area contributed by atoms with Crippen molar-refractivity contribution in [2.24, 2.45) is 0 Å². The molecule has 0 spiro atoms. The van der Waals surface area contributed by atoms with E-state index in [4.69, 9.17) is 26.4 Å². The zero-order valence-electron chi connectivity index (χ0n) is 13.8. The van der Waals surface area contributed by atoms with Crippen LogP contribution in [0.1, 0.15) is 5.56 Å². The van der Waals surface area contributed by atoms with Gasteiger partial charge in [-0.1, -0.05) is 24.0 Å². The minimum absolute atomic E-state index is 0.179. The molecule has 0 saturated carbocycles. The van der Waals surface area contributed by atoms with Crippen LogP contribution in [-0.4, -0.2) is 35.5 Å². The fourth-order valence-corrected chi connectivity index (χ4v) is 4.00. The number of thioether (sulfide) groups is 1. The van der Waals surface area contributed by atoms with Gasteiger partial charge in [-0.05, 0) is 35.9 Å². The van der Waals surface area contributed by atoms with Crippen LogP contribution in [0.25, 0.3) is 6.08 Å². The number of rotatable bonds is 3. The number of hydrogen-bond acceptors (Lipinski definition) is 7. The van der Waals surface area contributed by atoms with Crippen LogP contribution in [0.5, 0.6) is 17.2 Å². The Bertz CT molecular complexity index is 898. The van der Waals surface area contributed by atoms with Crippen LogP contribution < -0.4 is 19.1 Å². The summed E-state index contributed by atoms with van der Waals surface area (Å²) >= 11 is 6.62. The molecule has 2 aromatic rings. The molecular formula is C18H14N2O4S2. The lowest BCUT2D eigenvalue weighted by Gasteiger charge is -2.21. The standard InChI is InChI=1S/C18H14N2O4S2/c1-22-13-7-11(8-14-16(13)24-6-5-23-14)9-15-17(21)20(18(25)26-15)12-3-2-4-19-10-12/h2-4,7-10H,5-6H2,1H3/b15-9-. The molecule has 0 atom stereocenters. The topological polar surface area (TPSA) is 60.9 Å². The quantitative estimate of drug-likeness (QED) is 0.593. The number of aromatic nitrogens is 1. The fraction of sp³-hybridized carbons (Fsp3) is 0.167. The van der Waals surface area contributed by atoms with Crippen molar-refractivity contribution in [3.63, 3.8) is 0 Å². The molecule has 6 nitrogen and oxygen atoms in total. The van der Waals surface area contributed by atoms with E-state index < -0.39 is 0 Å². The molecule has 1 amide bonds. The molecule has 0 bridgehead atoms. The lowest BCUT2D eigenvalue weighted by Crippen LogP contribution is -2.27. The highest BCUT2D eigenvalue weighted by Gasteiger charge is 2.33. The van der Waals surface area contributed by atoms with Crippen LogP contribution in [0.15, 0.2) is 41.6 Å². The van der Waals surface area contributed by atoms with Crippen molar-refractivity contribution in [1.82, 2.24) is 4.98 Å². The number of ether oxygens (including phenoxy) is 3. The van der Waals surface area contributed by atoms with E-state index in [2.05, 4.69) is 4.98 Å². The van der Waals surface area contributed by atoms with Gasteiger partial charge in [0.05, 0.1) is 23.9 Å². The predicted octanol–water partition coefficient (Wildman–Crippen LogP) is 3.27. The van der Waals surface area contributed by atoms with E-state index in [-0.39, 0.29) is 5.91 Å². The second-order valence-electron chi connectivity index (χ2n) is 5.48. The van der Waals surface area contributed by atoms with Crippen molar-refractivity contribution in [3.8, 4) is 17.2 Å². The van der Waals surface area contributed by atoms with Crippen molar-refractivity contribution in [1.29, 1.82) is 0 Å². The summed E-state index contributed by atoms with van der Waals surface area (Å²) in [6.45, 7) is 0.954. The minimum Gasteiger partial charge on any atom is -0.493 e. The van der Waals surface area contributed by atoms with Gasteiger partial charge >= 0.3 is 0 Å². The van der Waals surface area contributed by atoms with Gasteiger partial charge in [0.15, 0.2) is 15.8 Å². The van der Waals surface area contributed by atoms with E-state index in [1.165, 1.54) is 16.7 Å². The molecule has 4 rings (SSSR count). The fourth-order valence-electron chi connectivity index (χ4n) is 2.70. The average Bonchev–Trinajstić information content (AvgIpc) is 2.95. The number of benzene rings is 1. The molecule has 0 aliphatic carbocycles. The number of nitrogens with zero attached hydrogens (tertiary/aromatic N) is 2. The van der Waals surface area contributed by atoms with Crippen molar-refractivity contribution in [3.05, 3.63) is 47.1 Å². The highest BCUT2D eigenvalue weighted by atomic mass is 32.2. The zero-order valence-corrected chi connectivity index (χ0v) is 15.4. The minimum atomic E-state index is -0.179. The number of fused-ring (bicyclic) bond motifs is 1. The van der Waals surface area contributed by atoms with Crippen LogP contribution in [0.2, 0.25) is 0 Å². The number of anilines is 1. The van der Waals surface area contributed by atoms with Gasteiger partial charge in [-0.2, -0.15) is 0 Å². The maximum atomic E-state index is 12.8. The molecule has 1 aromatic heterocycles. The molecule has 1 fully saturated rings. The van der Waals surface area contributed by atoms with E-state index >= 15 is 0 Å². The van der Waals surface area contributed by atoms with E-state index in [1.807, 2.05) is 12.1 Å². The third kappa shape index (κ3) is 3.02. The Hall–Kier alpha value is -2.58. The Kier molecular flexibility index (Phi) is 4.52. The predicted molar refractivity (Wildman–Crippen MR) is 104 cm³/mol. The number of carbonyl (C=O) groups excluding carboxylic acids is 1. The first-order valence-electron chi connectivity index (χ1n) is 7.83. The third-order valence-corrected chi connectivity index (χ3v) is 5.15. The van der Waals surface area contributed by atoms with Gasteiger partial charge in [0.25, 0.3) is 5.91 Å². The van der Waals surface area contributed by atoms with Gasteiger partial charge in [0, 0.05) is 6.20 Å². The van der Waals surface area contributed by atoms with Gasteiger partial charge in [-0.25, -0.2) is 0 Å². The number of carbonyl (C=O) groups is 1. The monoisotopic (exact) mass is 386 g/mol. The number of pyridine rings is 1. The van der Waals surface area contributed by atoms with E-state index in [0.29, 0.717) is 45.4 Å². The lowest BCUT2D eigenvalue weighted by molar-refractivity contribution is -0.113. The molecule has 2 aliphatic heterocycles. The van der Waals surface area contributed by atoms with Crippen LogP contribution in [-0.2, 0) is 4.79 Å². The van der Waals surface area contributed by atoms with Crippen LogP contribution in [0, 0.1) is 0 Å². The van der Waals surface area contributed by atoms with Crippen molar-refractivity contribution in [2.45, 2.75) is 0 Å². The van der Waals surface area contributed by atoms with Gasteiger partial charge in [-0.3, -0.25) is 14.7 Å². The van der Waals surface area contributed by atoms with Crippen LogP contribution >= 0.6 is 24.0 Å². The van der Waals surface area contributed by atoms with E-state index in [9.17, 15) is 4.79 Å². The maximum Gasteiger partial charge on any atom is 0.270 e. The Morgan fingerprint density at radius 3 is 2.96 bits per heavy atom. The van der Waals surface area contributed by atoms with Crippen LogP contribution in [0.4, 0.5) is 5.69 Å². The normalized spacial score (nSPS) is 17.7. The molecule has 132 valence electrons. The summed E-state index contributed by atoms with van der Waals surface area (Å²) < 4.78 is 17.1.